The number of aliphatic hydroxyl groups excluding tert-OH is 1. The van der Waals surface area contributed by atoms with Gasteiger partial charge in [-0.3, -0.25) is 9.69 Å². The van der Waals surface area contributed by atoms with E-state index in [2.05, 4.69) is 10.2 Å². The highest BCUT2D eigenvalue weighted by Gasteiger charge is 2.21. The summed E-state index contributed by atoms with van der Waals surface area (Å²) in [5.41, 5.74) is 0.575. The molecule has 1 unspecified atom stereocenters. The number of ether oxygens (including phenoxy) is 1. The summed E-state index contributed by atoms with van der Waals surface area (Å²) in [5.74, 6) is 0.751. The maximum atomic E-state index is 12.1. The van der Waals surface area contributed by atoms with E-state index >= 15 is 0 Å². The van der Waals surface area contributed by atoms with E-state index in [1.807, 2.05) is 0 Å². The number of aliphatic hydroxyl groups is 1. The van der Waals surface area contributed by atoms with Gasteiger partial charge in [0.15, 0.2) is 0 Å². The maximum absolute atomic E-state index is 12.1. The van der Waals surface area contributed by atoms with Crippen LogP contribution >= 0.6 is 11.6 Å². The van der Waals surface area contributed by atoms with Gasteiger partial charge in [-0.25, -0.2) is 0 Å². The Bertz CT molecular complexity index is 496. The highest BCUT2D eigenvalue weighted by atomic mass is 35.5. The molecule has 1 aliphatic heterocycles. The number of hydrogen-bond donors (Lipinski definition) is 2. The number of likely N-dealkylation sites (tertiary alicyclic amines) is 1. The van der Waals surface area contributed by atoms with Crippen molar-refractivity contribution in [3.63, 3.8) is 0 Å². The first-order valence-electron chi connectivity index (χ1n) is 7.09. The zero-order valence-corrected chi connectivity index (χ0v) is 12.9. The molecule has 0 aromatic heterocycles. The first-order valence-corrected chi connectivity index (χ1v) is 7.46. The molecule has 1 fully saturated rings. The number of anilines is 1. The van der Waals surface area contributed by atoms with Gasteiger partial charge in [0.2, 0.25) is 5.91 Å². The van der Waals surface area contributed by atoms with Crippen molar-refractivity contribution in [3.05, 3.63) is 23.2 Å². The van der Waals surface area contributed by atoms with E-state index in [1.165, 1.54) is 0 Å². The molecule has 0 bridgehead atoms. The van der Waals surface area contributed by atoms with Crippen LogP contribution in [0.5, 0.6) is 5.75 Å². The molecule has 1 aromatic carbocycles. The lowest BCUT2D eigenvalue weighted by Gasteiger charge is -2.31. The van der Waals surface area contributed by atoms with Crippen LogP contribution in [0, 0.1) is 5.92 Å². The predicted octanol–water partition coefficient (Wildman–Crippen LogP) is 1.99. The number of rotatable bonds is 5. The van der Waals surface area contributed by atoms with Crippen molar-refractivity contribution in [2.45, 2.75) is 12.8 Å². The third-order valence-electron chi connectivity index (χ3n) is 3.66. The zero-order valence-electron chi connectivity index (χ0n) is 12.1. The Morgan fingerprint density at radius 1 is 1.57 bits per heavy atom. The molecule has 0 saturated carbocycles. The van der Waals surface area contributed by atoms with Crippen LogP contribution in [0.3, 0.4) is 0 Å². The van der Waals surface area contributed by atoms with Crippen molar-refractivity contribution in [2.75, 3.05) is 38.7 Å². The van der Waals surface area contributed by atoms with Crippen LogP contribution in [0.25, 0.3) is 0 Å². The quantitative estimate of drug-likeness (QED) is 0.873. The Kier molecular flexibility index (Phi) is 5.85. The number of amides is 1. The summed E-state index contributed by atoms with van der Waals surface area (Å²) in [7, 11) is 1.55. The minimum Gasteiger partial charge on any atom is -0.495 e. The number of nitrogens with one attached hydrogen (secondary N) is 1. The van der Waals surface area contributed by atoms with Crippen LogP contribution in [0.4, 0.5) is 5.69 Å². The standard InChI is InChI=1S/C15H21ClN2O3/c1-21-14-5-4-12(16)7-13(14)17-15(20)9-18-6-2-3-11(8-18)10-19/h4-5,7,11,19H,2-3,6,8-10H2,1H3,(H,17,20). The number of hydrogen-bond acceptors (Lipinski definition) is 4. The summed E-state index contributed by atoms with van der Waals surface area (Å²) >= 11 is 5.94. The summed E-state index contributed by atoms with van der Waals surface area (Å²) in [6.07, 6.45) is 2.04. The fraction of sp³-hybridized carbons (Fsp3) is 0.533. The Labute approximate surface area is 129 Å². The maximum Gasteiger partial charge on any atom is 0.238 e. The van der Waals surface area contributed by atoms with E-state index in [9.17, 15) is 9.90 Å². The Morgan fingerprint density at radius 2 is 2.38 bits per heavy atom. The highest BCUT2D eigenvalue weighted by Crippen LogP contribution is 2.27. The van der Waals surface area contributed by atoms with Gasteiger partial charge in [0.1, 0.15) is 5.75 Å². The minimum atomic E-state index is -0.103. The molecule has 1 atom stereocenters. The minimum absolute atomic E-state index is 0.103. The van der Waals surface area contributed by atoms with Crippen molar-refractivity contribution in [2.24, 2.45) is 5.92 Å². The Balaban J connectivity index is 1.94. The van der Waals surface area contributed by atoms with Crippen molar-refractivity contribution >= 4 is 23.2 Å². The van der Waals surface area contributed by atoms with Gasteiger partial charge in [-0.15, -0.1) is 0 Å². The molecule has 0 aliphatic carbocycles. The second-order valence-electron chi connectivity index (χ2n) is 5.32. The largest absolute Gasteiger partial charge is 0.495 e. The van der Waals surface area contributed by atoms with Crippen LogP contribution in [0.15, 0.2) is 18.2 Å². The fourth-order valence-corrected chi connectivity index (χ4v) is 2.79. The monoisotopic (exact) mass is 312 g/mol. The summed E-state index contributed by atoms with van der Waals surface area (Å²) in [4.78, 5) is 14.2. The van der Waals surface area contributed by atoms with Crippen LogP contribution in [-0.4, -0.2) is 49.3 Å². The first-order chi connectivity index (χ1) is 10.1. The van der Waals surface area contributed by atoms with Gasteiger partial charge >= 0.3 is 0 Å². The molecule has 6 heteroatoms. The molecule has 5 nitrogen and oxygen atoms in total. The number of nitrogens with zero attached hydrogens (tertiary/aromatic N) is 1. The van der Waals surface area contributed by atoms with Gasteiger partial charge in [0.25, 0.3) is 0 Å². The van der Waals surface area contributed by atoms with E-state index in [0.717, 1.165) is 25.9 Å². The van der Waals surface area contributed by atoms with Gasteiger partial charge < -0.3 is 15.2 Å². The molecule has 1 aromatic rings. The number of benzene rings is 1. The summed E-state index contributed by atoms with van der Waals surface area (Å²) < 4.78 is 5.21. The molecule has 21 heavy (non-hydrogen) atoms. The third-order valence-corrected chi connectivity index (χ3v) is 3.90. The van der Waals surface area contributed by atoms with E-state index < -0.39 is 0 Å². The lowest BCUT2D eigenvalue weighted by atomic mass is 9.99. The van der Waals surface area contributed by atoms with E-state index in [-0.39, 0.29) is 18.4 Å². The predicted molar refractivity (Wildman–Crippen MR) is 82.9 cm³/mol. The smallest absolute Gasteiger partial charge is 0.238 e. The van der Waals surface area contributed by atoms with E-state index in [0.29, 0.717) is 23.0 Å². The van der Waals surface area contributed by atoms with Gasteiger partial charge in [-0.1, -0.05) is 11.6 Å². The molecule has 2 N–H and O–H groups in total. The average Bonchev–Trinajstić information content (AvgIpc) is 2.47. The van der Waals surface area contributed by atoms with Crippen molar-refractivity contribution < 1.29 is 14.6 Å². The summed E-state index contributed by atoms with van der Waals surface area (Å²) in [6, 6.07) is 5.11. The molecule has 1 amide bonds. The summed E-state index contributed by atoms with van der Waals surface area (Å²) in [5, 5.41) is 12.6. The normalized spacial score (nSPS) is 19.3. The van der Waals surface area contributed by atoms with Gasteiger partial charge in [0, 0.05) is 18.2 Å². The second-order valence-corrected chi connectivity index (χ2v) is 5.76. The second kappa shape index (κ2) is 7.64. The Hall–Kier alpha value is -1.30. The van der Waals surface area contributed by atoms with Gasteiger partial charge in [0.05, 0.1) is 19.3 Å². The van der Waals surface area contributed by atoms with Crippen LogP contribution < -0.4 is 10.1 Å². The average molecular weight is 313 g/mol. The van der Waals surface area contributed by atoms with Crippen molar-refractivity contribution in [3.8, 4) is 5.75 Å². The third kappa shape index (κ3) is 4.59. The SMILES string of the molecule is COc1ccc(Cl)cc1NC(=O)CN1CCCC(CO)C1. The molecule has 1 aliphatic rings. The number of carbonyl (C=O) groups is 1. The molecular weight excluding hydrogens is 292 g/mol. The molecule has 1 saturated heterocycles. The van der Waals surface area contributed by atoms with Crippen LogP contribution in [0.2, 0.25) is 5.02 Å². The lowest BCUT2D eigenvalue weighted by Crippen LogP contribution is -2.41. The lowest BCUT2D eigenvalue weighted by molar-refractivity contribution is -0.117. The first kappa shape index (κ1) is 16.1. The van der Waals surface area contributed by atoms with Gasteiger partial charge in [-0.05, 0) is 43.5 Å². The number of halogens is 1. The number of carbonyl (C=O) groups excluding carboxylic acids is 1. The molecule has 116 valence electrons. The molecule has 2 rings (SSSR count). The molecular formula is C15H21ClN2O3. The number of piperidine rings is 1. The van der Waals surface area contributed by atoms with Gasteiger partial charge in [-0.2, -0.15) is 0 Å². The fourth-order valence-electron chi connectivity index (χ4n) is 2.61. The molecule has 0 spiro atoms. The van der Waals surface area contributed by atoms with Crippen molar-refractivity contribution in [1.29, 1.82) is 0 Å². The van der Waals surface area contributed by atoms with E-state index in [1.54, 1.807) is 25.3 Å². The zero-order chi connectivity index (χ0) is 15.2. The Morgan fingerprint density at radius 3 is 3.10 bits per heavy atom. The van der Waals surface area contributed by atoms with Crippen LogP contribution in [0.1, 0.15) is 12.8 Å². The topological polar surface area (TPSA) is 61.8 Å². The molecule has 0 radical (unpaired) electrons. The van der Waals surface area contributed by atoms with Crippen LogP contribution in [-0.2, 0) is 4.79 Å². The molecule has 1 heterocycles. The summed E-state index contributed by atoms with van der Waals surface area (Å²) in [6.45, 7) is 2.14. The van der Waals surface area contributed by atoms with E-state index in [4.69, 9.17) is 16.3 Å². The number of methoxy groups -OCH3 is 1. The van der Waals surface area contributed by atoms with Crippen molar-refractivity contribution in [1.82, 2.24) is 4.90 Å². The highest BCUT2D eigenvalue weighted by molar-refractivity contribution is 6.31.